The normalized spacial score (nSPS) is 25.9. The van der Waals surface area contributed by atoms with E-state index in [1.807, 2.05) is 17.8 Å². The Morgan fingerprint density at radius 2 is 2.06 bits per heavy atom. The Hall–Kier alpha value is 0.01000. The van der Waals surface area contributed by atoms with E-state index < -0.39 is 0 Å². The average Bonchev–Trinajstić information content (AvgIpc) is 2.34. The van der Waals surface area contributed by atoms with Crippen molar-refractivity contribution in [2.45, 2.75) is 39.8 Å². The van der Waals surface area contributed by atoms with Gasteiger partial charge in [0.2, 0.25) is 0 Å². The number of rotatable bonds is 7. The second-order valence-corrected chi connectivity index (χ2v) is 7.08. The zero-order chi connectivity index (χ0) is 13.5. The fourth-order valence-electron chi connectivity index (χ4n) is 2.56. The molecule has 3 heteroatoms. The van der Waals surface area contributed by atoms with Gasteiger partial charge in [0.25, 0.3) is 0 Å². The van der Waals surface area contributed by atoms with Gasteiger partial charge >= 0.3 is 0 Å². The Kier molecular flexibility index (Phi) is 7.35. The molecule has 0 aromatic heterocycles. The third-order valence-electron chi connectivity index (χ3n) is 3.82. The van der Waals surface area contributed by atoms with Crippen molar-refractivity contribution < 1.29 is 0 Å². The lowest BCUT2D eigenvalue weighted by Gasteiger charge is -2.43. The van der Waals surface area contributed by atoms with Gasteiger partial charge in [-0.15, -0.1) is 6.58 Å². The summed E-state index contributed by atoms with van der Waals surface area (Å²) in [5.74, 6) is 3.75. The number of hydrogen-bond acceptors (Lipinski definition) is 3. The predicted octanol–water partition coefficient (Wildman–Crippen LogP) is 2.86. The second-order valence-electron chi connectivity index (χ2n) is 5.93. The maximum absolute atomic E-state index is 3.78. The zero-order valence-corrected chi connectivity index (χ0v) is 13.3. The van der Waals surface area contributed by atoms with Crippen LogP contribution in [0.2, 0.25) is 0 Å². The highest BCUT2D eigenvalue weighted by atomic mass is 32.2. The van der Waals surface area contributed by atoms with E-state index in [2.05, 4.69) is 44.5 Å². The van der Waals surface area contributed by atoms with E-state index in [1.54, 1.807) is 0 Å². The quantitative estimate of drug-likeness (QED) is 0.566. The molecule has 0 radical (unpaired) electrons. The van der Waals surface area contributed by atoms with Crippen molar-refractivity contribution in [2.24, 2.45) is 11.8 Å². The maximum Gasteiger partial charge on any atom is 0.0244 e. The van der Waals surface area contributed by atoms with Gasteiger partial charge in [0.15, 0.2) is 0 Å². The Morgan fingerprint density at radius 1 is 1.33 bits per heavy atom. The molecule has 0 aromatic rings. The minimum absolute atomic E-state index is 0.657. The zero-order valence-electron chi connectivity index (χ0n) is 12.5. The summed E-state index contributed by atoms with van der Waals surface area (Å²) in [7, 11) is 0. The van der Waals surface area contributed by atoms with Crippen molar-refractivity contribution >= 4 is 11.8 Å². The third kappa shape index (κ3) is 4.94. The van der Waals surface area contributed by atoms with E-state index >= 15 is 0 Å². The summed E-state index contributed by atoms with van der Waals surface area (Å²) in [6, 6.07) is 1.36. The van der Waals surface area contributed by atoms with Gasteiger partial charge in [-0.25, -0.2) is 0 Å². The molecular formula is C15H30N2S. The van der Waals surface area contributed by atoms with Crippen molar-refractivity contribution in [2.75, 3.05) is 31.1 Å². The van der Waals surface area contributed by atoms with E-state index in [4.69, 9.17) is 0 Å². The minimum atomic E-state index is 0.657. The molecule has 18 heavy (non-hydrogen) atoms. The second kappa shape index (κ2) is 8.23. The van der Waals surface area contributed by atoms with E-state index in [9.17, 15) is 0 Å². The van der Waals surface area contributed by atoms with E-state index in [-0.39, 0.29) is 0 Å². The van der Waals surface area contributed by atoms with Gasteiger partial charge in [-0.05, 0) is 11.8 Å². The summed E-state index contributed by atoms with van der Waals surface area (Å²) < 4.78 is 0. The minimum Gasteiger partial charge on any atom is -0.311 e. The standard InChI is InChI=1S/C15H30N2S/c1-6-8-18-9-7-17-11-14(12(2)3)16-10-15(17)13(4)5/h6,12-16H,1,7-11H2,2-5H3. The van der Waals surface area contributed by atoms with Crippen LogP contribution in [0.15, 0.2) is 12.7 Å². The molecule has 1 heterocycles. The molecule has 1 aliphatic heterocycles. The lowest BCUT2D eigenvalue weighted by Crippen LogP contribution is -2.60. The number of nitrogens with one attached hydrogen (secondary N) is 1. The van der Waals surface area contributed by atoms with Crippen molar-refractivity contribution in [3.63, 3.8) is 0 Å². The molecule has 1 aliphatic rings. The van der Waals surface area contributed by atoms with Crippen molar-refractivity contribution in [3.05, 3.63) is 12.7 Å². The number of piperazine rings is 1. The first-order chi connectivity index (χ1) is 8.56. The number of nitrogens with zero attached hydrogens (tertiary/aromatic N) is 1. The first kappa shape index (κ1) is 16.1. The van der Waals surface area contributed by atoms with Gasteiger partial charge in [-0.1, -0.05) is 33.8 Å². The fraction of sp³-hybridized carbons (Fsp3) is 0.867. The van der Waals surface area contributed by atoms with Crippen LogP contribution >= 0.6 is 11.8 Å². The topological polar surface area (TPSA) is 15.3 Å². The van der Waals surface area contributed by atoms with Crippen LogP contribution in [0.5, 0.6) is 0 Å². The molecule has 0 bridgehead atoms. The van der Waals surface area contributed by atoms with Gasteiger partial charge in [-0.3, -0.25) is 4.90 Å². The van der Waals surface area contributed by atoms with Crippen LogP contribution in [0.4, 0.5) is 0 Å². The van der Waals surface area contributed by atoms with Crippen molar-refractivity contribution in [3.8, 4) is 0 Å². The molecule has 2 atom stereocenters. The van der Waals surface area contributed by atoms with Crippen LogP contribution in [0.1, 0.15) is 27.7 Å². The van der Waals surface area contributed by atoms with Crippen LogP contribution in [-0.4, -0.2) is 48.1 Å². The Balaban J connectivity index is 2.46. The molecule has 0 amide bonds. The summed E-state index contributed by atoms with van der Waals surface area (Å²) in [5.41, 5.74) is 0. The molecule has 1 fully saturated rings. The molecule has 106 valence electrons. The smallest absolute Gasteiger partial charge is 0.0244 e. The number of thioether (sulfide) groups is 1. The summed E-state index contributed by atoms with van der Waals surface area (Å²) >= 11 is 1.99. The van der Waals surface area contributed by atoms with E-state index in [0.717, 1.165) is 24.1 Å². The van der Waals surface area contributed by atoms with Crippen molar-refractivity contribution in [1.82, 2.24) is 10.2 Å². The fourth-order valence-corrected chi connectivity index (χ4v) is 3.26. The van der Waals surface area contributed by atoms with E-state index in [0.29, 0.717) is 12.1 Å². The monoisotopic (exact) mass is 270 g/mol. The lowest BCUT2D eigenvalue weighted by atomic mass is 9.94. The summed E-state index contributed by atoms with van der Waals surface area (Å²) in [6.07, 6.45) is 2.00. The van der Waals surface area contributed by atoms with Gasteiger partial charge in [0.05, 0.1) is 0 Å². The van der Waals surface area contributed by atoms with Crippen LogP contribution in [0.3, 0.4) is 0 Å². The first-order valence-electron chi connectivity index (χ1n) is 7.22. The highest BCUT2D eigenvalue weighted by Crippen LogP contribution is 2.18. The third-order valence-corrected chi connectivity index (χ3v) is 4.76. The SMILES string of the molecule is C=CCSCCN1CC(C(C)C)NCC1C(C)C. The Morgan fingerprint density at radius 3 is 2.61 bits per heavy atom. The van der Waals surface area contributed by atoms with Crippen molar-refractivity contribution in [1.29, 1.82) is 0 Å². The van der Waals surface area contributed by atoms with Crippen LogP contribution in [0, 0.1) is 11.8 Å². The molecule has 2 unspecified atom stereocenters. The summed E-state index contributed by atoms with van der Waals surface area (Å²) in [4.78, 5) is 2.70. The highest BCUT2D eigenvalue weighted by Gasteiger charge is 2.30. The number of hydrogen-bond donors (Lipinski definition) is 1. The lowest BCUT2D eigenvalue weighted by molar-refractivity contribution is 0.0918. The molecule has 0 aliphatic carbocycles. The molecule has 1 rings (SSSR count). The predicted molar refractivity (Wildman–Crippen MR) is 84.3 cm³/mol. The molecule has 0 aromatic carbocycles. The molecule has 0 saturated carbocycles. The molecule has 2 nitrogen and oxygen atoms in total. The largest absolute Gasteiger partial charge is 0.311 e. The summed E-state index contributed by atoms with van der Waals surface area (Å²) in [5, 5.41) is 3.72. The van der Waals surface area contributed by atoms with Crippen LogP contribution in [0.25, 0.3) is 0 Å². The Labute approximate surface area is 118 Å². The van der Waals surface area contributed by atoms with Crippen LogP contribution in [-0.2, 0) is 0 Å². The maximum atomic E-state index is 3.78. The van der Waals surface area contributed by atoms with Gasteiger partial charge in [-0.2, -0.15) is 11.8 Å². The summed E-state index contributed by atoms with van der Waals surface area (Å²) in [6.45, 7) is 16.7. The van der Waals surface area contributed by atoms with Gasteiger partial charge in [0, 0.05) is 43.2 Å². The molecule has 1 saturated heterocycles. The van der Waals surface area contributed by atoms with Gasteiger partial charge in [0.1, 0.15) is 0 Å². The first-order valence-corrected chi connectivity index (χ1v) is 8.37. The van der Waals surface area contributed by atoms with Gasteiger partial charge < -0.3 is 5.32 Å². The Bertz CT molecular complexity index is 241. The highest BCUT2D eigenvalue weighted by molar-refractivity contribution is 7.99. The van der Waals surface area contributed by atoms with E-state index in [1.165, 1.54) is 18.8 Å². The average molecular weight is 270 g/mol. The molecular weight excluding hydrogens is 240 g/mol. The van der Waals surface area contributed by atoms with Crippen LogP contribution < -0.4 is 5.32 Å². The molecule has 0 spiro atoms. The molecule has 1 N–H and O–H groups in total.